The molecule has 0 aliphatic carbocycles. The molecule has 2 heterocycles. The van der Waals surface area contributed by atoms with Crippen molar-refractivity contribution in [1.82, 2.24) is 30.4 Å². The van der Waals surface area contributed by atoms with E-state index in [-0.39, 0.29) is 9.80 Å². The summed E-state index contributed by atoms with van der Waals surface area (Å²) in [6.07, 6.45) is 8.69. The van der Waals surface area contributed by atoms with E-state index in [0.29, 0.717) is 17.9 Å². The highest BCUT2D eigenvalue weighted by Gasteiger charge is 2.22. The molecule has 0 aliphatic heterocycles. The maximum atomic E-state index is 12.9. The molecule has 188 valence electrons. The van der Waals surface area contributed by atoms with Gasteiger partial charge >= 0.3 is 0 Å². The largest absolute Gasteiger partial charge is 0.340 e. The molecule has 11 heteroatoms. The molecule has 0 bridgehead atoms. The number of allylic oxidation sites excluding steroid dienone is 3. The molecule has 0 saturated heterocycles. The molecular weight excluding hydrogens is 492 g/mol. The average Bonchev–Trinajstić information content (AvgIpc) is 3.56. The van der Waals surface area contributed by atoms with E-state index in [9.17, 15) is 13.2 Å². The topological polar surface area (TPSA) is 143 Å². The third-order valence-electron chi connectivity index (χ3n) is 5.54. The quantitative estimate of drug-likeness (QED) is 0.127. The molecule has 3 N–H and O–H groups in total. The Morgan fingerprint density at radius 1 is 1.16 bits per heavy atom. The number of aromatic nitrogens is 5. The van der Waals surface area contributed by atoms with Crippen LogP contribution in [0.1, 0.15) is 23.1 Å². The van der Waals surface area contributed by atoms with E-state index in [1.165, 1.54) is 29.8 Å². The average molecular weight is 517 g/mol. The Morgan fingerprint density at radius 3 is 2.59 bits per heavy atom. The number of nitrogens with one attached hydrogen (secondary N) is 2. The fourth-order valence-corrected chi connectivity index (χ4v) is 4.97. The number of imidazole rings is 1. The Kier molecular flexibility index (Phi) is 7.56. The van der Waals surface area contributed by atoms with Crippen molar-refractivity contribution >= 4 is 32.9 Å². The van der Waals surface area contributed by atoms with E-state index in [2.05, 4.69) is 28.5 Å². The first-order valence-electron chi connectivity index (χ1n) is 11.1. The van der Waals surface area contributed by atoms with E-state index in [1.54, 1.807) is 35.1 Å². The molecule has 37 heavy (non-hydrogen) atoms. The van der Waals surface area contributed by atoms with Gasteiger partial charge in [-0.25, -0.2) is 23.6 Å². The van der Waals surface area contributed by atoms with Crippen LogP contribution in [0.3, 0.4) is 0 Å². The van der Waals surface area contributed by atoms with Crippen LogP contribution < -0.4 is 5.48 Å². The fourth-order valence-electron chi connectivity index (χ4n) is 3.71. The summed E-state index contributed by atoms with van der Waals surface area (Å²) < 4.78 is 27.4. The van der Waals surface area contributed by atoms with Crippen LogP contribution in [-0.4, -0.2) is 44.5 Å². The maximum absolute atomic E-state index is 12.9. The van der Waals surface area contributed by atoms with Crippen molar-refractivity contribution in [3.63, 3.8) is 0 Å². The van der Waals surface area contributed by atoms with Crippen LogP contribution in [0.4, 0.5) is 0 Å². The lowest BCUT2D eigenvalue weighted by Crippen LogP contribution is -2.16. The number of carbonyl (C=O) groups excluding carboxylic acids is 1. The smallest absolute Gasteiger partial charge is 0.267 e. The predicted octanol–water partition coefficient (Wildman–Crippen LogP) is 3.53. The molecular formula is C26H24N6O4S. The van der Waals surface area contributed by atoms with Crippen molar-refractivity contribution in [2.45, 2.75) is 17.4 Å². The standard InChI is InChI=1S/C26H24N6O4S/c1-3-7-20(4-2)37(35,36)21-13-10-18(11-14-21)16-24(26-27-22-8-5-6-9-23(22)28-26)32-17-19(29-31-32)12-15-25(33)30-34/h3-15,17,24,34H,1-2,16H2,(H,27,28)(H,30,33). The van der Waals surface area contributed by atoms with Gasteiger partial charge in [-0.15, -0.1) is 5.10 Å². The Hall–Kier alpha value is -4.61. The number of aromatic amines is 1. The van der Waals surface area contributed by atoms with Crippen LogP contribution in [0.25, 0.3) is 17.1 Å². The van der Waals surface area contributed by atoms with Gasteiger partial charge in [0.2, 0.25) is 9.84 Å². The molecule has 0 saturated carbocycles. The lowest BCUT2D eigenvalue weighted by atomic mass is 10.1. The molecule has 2 aromatic heterocycles. The van der Waals surface area contributed by atoms with Gasteiger partial charge in [0.1, 0.15) is 17.6 Å². The van der Waals surface area contributed by atoms with Gasteiger partial charge < -0.3 is 4.98 Å². The zero-order valence-electron chi connectivity index (χ0n) is 19.7. The molecule has 1 atom stereocenters. The third kappa shape index (κ3) is 5.63. The first kappa shape index (κ1) is 25.5. The molecule has 1 unspecified atom stereocenters. The number of amides is 1. The number of para-hydroxylation sites is 2. The van der Waals surface area contributed by atoms with Crippen LogP contribution in [0.5, 0.6) is 0 Å². The van der Waals surface area contributed by atoms with Crippen LogP contribution in [0.2, 0.25) is 0 Å². The zero-order chi connectivity index (χ0) is 26.4. The van der Waals surface area contributed by atoms with Crippen LogP contribution in [-0.2, 0) is 21.1 Å². The molecule has 2 aromatic carbocycles. The highest BCUT2D eigenvalue weighted by atomic mass is 32.2. The van der Waals surface area contributed by atoms with Crippen LogP contribution >= 0.6 is 0 Å². The second-order valence-corrected chi connectivity index (χ2v) is 9.90. The SMILES string of the molecule is C=CC=C(C=C)S(=O)(=O)c1ccc(CC(c2nc3ccccc3[nH]2)n2cc(C=CC(=O)NO)nn2)cc1. The van der Waals surface area contributed by atoms with Gasteiger partial charge in [0, 0.05) is 12.5 Å². The first-order chi connectivity index (χ1) is 17.8. The van der Waals surface area contributed by atoms with Crippen molar-refractivity contribution in [3.8, 4) is 0 Å². The van der Waals surface area contributed by atoms with E-state index in [0.717, 1.165) is 22.7 Å². The highest BCUT2D eigenvalue weighted by Crippen LogP contribution is 2.26. The lowest BCUT2D eigenvalue weighted by Gasteiger charge is -2.15. The number of benzene rings is 2. The van der Waals surface area contributed by atoms with Gasteiger partial charge in [0.25, 0.3) is 5.91 Å². The van der Waals surface area contributed by atoms with E-state index < -0.39 is 21.8 Å². The summed E-state index contributed by atoms with van der Waals surface area (Å²) in [5.41, 5.74) is 4.40. The molecule has 0 spiro atoms. The number of H-pyrrole nitrogens is 1. The van der Waals surface area contributed by atoms with Crippen LogP contribution in [0.15, 0.2) is 102 Å². The van der Waals surface area contributed by atoms with Crippen molar-refractivity contribution in [2.24, 2.45) is 0 Å². The monoisotopic (exact) mass is 516 g/mol. The number of hydroxylamine groups is 1. The van der Waals surface area contributed by atoms with E-state index in [1.807, 2.05) is 24.3 Å². The molecule has 1 amide bonds. The highest BCUT2D eigenvalue weighted by molar-refractivity contribution is 7.95. The van der Waals surface area contributed by atoms with E-state index in [4.69, 9.17) is 10.2 Å². The Morgan fingerprint density at radius 2 is 1.92 bits per heavy atom. The Labute approximate surface area is 213 Å². The second kappa shape index (κ2) is 11.0. The van der Waals surface area contributed by atoms with Gasteiger partial charge in [-0.05, 0) is 42.0 Å². The minimum atomic E-state index is -3.72. The van der Waals surface area contributed by atoms with Crippen molar-refractivity contribution < 1.29 is 18.4 Å². The van der Waals surface area contributed by atoms with Gasteiger partial charge in [0.05, 0.1) is 27.0 Å². The fraction of sp³-hybridized carbons (Fsp3) is 0.0769. The molecule has 0 radical (unpaired) electrons. The summed E-state index contributed by atoms with van der Waals surface area (Å²) in [5, 5.41) is 17.0. The lowest BCUT2D eigenvalue weighted by molar-refractivity contribution is -0.124. The number of fused-ring (bicyclic) bond motifs is 1. The van der Waals surface area contributed by atoms with Gasteiger partial charge in [-0.2, -0.15) is 0 Å². The Balaban J connectivity index is 1.68. The molecule has 4 rings (SSSR count). The minimum absolute atomic E-state index is 0.0634. The second-order valence-electron chi connectivity index (χ2n) is 7.95. The van der Waals surface area contributed by atoms with Gasteiger partial charge in [0.15, 0.2) is 0 Å². The summed E-state index contributed by atoms with van der Waals surface area (Å²) in [4.78, 5) is 19.5. The summed E-state index contributed by atoms with van der Waals surface area (Å²) >= 11 is 0. The van der Waals surface area contributed by atoms with Crippen LogP contribution in [0, 0.1) is 0 Å². The minimum Gasteiger partial charge on any atom is -0.340 e. The summed E-state index contributed by atoms with van der Waals surface area (Å²) in [7, 11) is -3.72. The molecule has 10 nitrogen and oxygen atoms in total. The number of sulfone groups is 1. The number of nitrogens with zero attached hydrogens (tertiary/aromatic N) is 4. The number of hydrogen-bond donors (Lipinski definition) is 3. The molecule has 0 fully saturated rings. The first-order valence-corrected chi connectivity index (χ1v) is 12.6. The zero-order valence-corrected chi connectivity index (χ0v) is 20.5. The number of carbonyl (C=O) groups is 1. The van der Waals surface area contributed by atoms with E-state index >= 15 is 0 Å². The predicted molar refractivity (Wildman–Crippen MR) is 139 cm³/mol. The summed E-state index contributed by atoms with van der Waals surface area (Å²) in [5.74, 6) is -0.0599. The summed E-state index contributed by atoms with van der Waals surface area (Å²) in [6, 6.07) is 13.8. The van der Waals surface area contributed by atoms with Gasteiger partial charge in [-0.3, -0.25) is 10.0 Å². The normalized spacial score (nSPS) is 13.1. The Bertz CT molecular complexity index is 1580. The summed E-state index contributed by atoms with van der Waals surface area (Å²) in [6.45, 7) is 7.14. The molecule has 4 aromatic rings. The maximum Gasteiger partial charge on any atom is 0.267 e. The van der Waals surface area contributed by atoms with Gasteiger partial charge in [-0.1, -0.05) is 54.8 Å². The van der Waals surface area contributed by atoms with Crippen molar-refractivity contribution in [3.05, 3.63) is 114 Å². The third-order valence-corrected chi connectivity index (χ3v) is 7.36. The molecule has 0 aliphatic rings. The number of hydrogen-bond acceptors (Lipinski definition) is 7. The number of rotatable bonds is 10. The van der Waals surface area contributed by atoms with Crippen molar-refractivity contribution in [1.29, 1.82) is 0 Å². The van der Waals surface area contributed by atoms with Crippen molar-refractivity contribution in [2.75, 3.05) is 0 Å².